The molecule has 0 aliphatic heterocycles. The molecule has 0 atom stereocenters. The van der Waals surface area contributed by atoms with Crippen LogP contribution in [0.2, 0.25) is 0 Å². The fourth-order valence-electron chi connectivity index (χ4n) is 8.45. The number of para-hydroxylation sites is 3. The molecule has 0 saturated heterocycles. The van der Waals surface area contributed by atoms with Crippen molar-refractivity contribution < 1.29 is 0 Å². The van der Waals surface area contributed by atoms with Crippen molar-refractivity contribution in [3.05, 3.63) is 212 Å². The Morgan fingerprint density at radius 1 is 0.250 bits per heavy atom. The molecule has 0 bridgehead atoms. The summed E-state index contributed by atoms with van der Waals surface area (Å²) in [5, 5.41) is 4.99. The van der Waals surface area contributed by atoms with Crippen molar-refractivity contribution in [3.63, 3.8) is 0 Å². The second-order valence-electron chi connectivity index (χ2n) is 14.4. The van der Waals surface area contributed by atoms with E-state index in [-0.39, 0.29) is 0 Å². The summed E-state index contributed by atoms with van der Waals surface area (Å²) in [6, 6.07) is 76.2. The lowest BCUT2D eigenvalue weighted by atomic mass is 9.99. The van der Waals surface area contributed by atoms with Gasteiger partial charge in [-0.25, -0.2) is 4.98 Å². The van der Waals surface area contributed by atoms with Gasteiger partial charge in [0.05, 0.1) is 33.5 Å². The molecule has 0 unspecified atom stereocenters. The van der Waals surface area contributed by atoms with Crippen LogP contribution in [0.3, 0.4) is 0 Å². The molecule has 3 heterocycles. The minimum Gasteiger partial charge on any atom is -0.309 e. The van der Waals surface area contributed by atoms with E-state index < -0.39 is 0 Å². The van der Waals surface area contributed by atoms with Gasteiger partial charge in [-0.05, 0) is 89.0 Å². The number of nitrogens with zero attached hydrogens (tertiary/aromatic N) is 3. The molecule has 11 aromatic rings. The molecule has 3 aromatic heterocycles. The maximum Gasteiger partial charge on any atom is 0.0715 e. The summed E-state index contributed by atoms with van der Waals surface area (Å²) >= 11 is 0. The normalized spacial score (nSPS) is 11.6. The maximum absolute atomic E-state index is 5.10. The van der Waals surface area contributed by atoms with E-state index in [4.69, 9.17) is 4.98 Å². The Kier molecular flexibility index (Phi) is 7.49. The molecule has 0 amide bonds. The van der Waals surface area contributed by atoms with Crippen molar-refractivity contribution in [2.75, 3.05) is 0 Å². The van der Waals surface area contributed by atoms with Crippen LogP contribution in [-0.4, -0.2) is 14.1 Å². The first-order chi connectivity index (χ1) is 27.8. The molecule has 262 valence electrons. The van der Waals surface area contributed by atoms with Crippen molar-refractivity contribution in [3.8, 4) is 56.1 Å². The third kappa shape index (κ3) is 5.32. The second kappa shape index (κ2) is 13.1. The van der Waals surface area contributed by atoms with Gasteiger partial charge in [0.15, 0.2) is 0 Å². The van der Waals surface area contributed by atoms with E-state index in [1.165, 1.54) is 60.4 Å². The highest BCUT2D eigenvalue weighted by molar-refractivity contribution is 6.12. The molecule has 11 rings (SSSR count). The molecule has 0 saturated carbocycles. The van der Waals surface area contributed by atoms with Gasteiger partial charge in [-0.15, -0.1) is 0 Å². The summed E-state index contributed by atoms with van der Waals surface area (Å²) in [6.45, 7) is 0. The Morgan fingerprint density at radius 2 is 0.696 bits per heavy atom. The van der Waals surface area contributed by atoms with Crippen molar-refractivity contribution in [2.45, 2.75) is 0 Å². The number of aromatic nitrogens is 3. The number of pyridine rings is 1. The minimum atomic E-state index is 0.962. The number of rotatable bonds is 6. The Morgan fingerprint density at radius 3 is 1.34 bits per heavy atom. The van der Waals surface area contributed by atoms with E-state index in [0.29, 0.717) is 0 Å². The molecule has 3 nitrogen and oxygen atoms in total. The second-order valence-corrected chi connectivity index (χ2v) is 14.4. The van der Waals surface area contributed by atoms with E-state index in [1.54, 1.807) is 0 Å². The van der Waals surface area contributed by atoms with Crippen LogP contribution in [0.25, 0.3) is 99.8 Å². The summed E-state index contributed by atoms with van der Waals surface area (Å²) in [6.07, 6.45) is 0. The highest BCUT2D eigenvalue weighted by atomic mass is 15.0. The van der Waals surface area contributed by atoms with Gasteiger partial charge in [0.25, 0.3) is 0 Å². The largest absolute Gasteiger partial charge is 0.309 e. The highest BCUT2D eigenvalue weighted by Crippen LogP contribution is 2.39. The van der Waals surface area contributed by atoms with Crippen molar-refractivity contribution >= 4 is 43.6 Å². The van der Waals surface area contributed by atoms with E-state index in [0.717, 1.165) is 39.3 Å². The Labute approximate surface area is 325 Å². The summed E-state index contributed by atoms with van der Waals surface area (Å²) in [5.74, 6) is 0. The summed E-state index contributed by atoms with van der Waals surface area (Å²) in [4.78, 5) is 5.10. The lowest BCUT2D eigenvalue weighted by Gasteiger charge is -2.12. The fraction of sp³-hybridized carbons (Fsp3) is 0. The molecule has 3 heteroatoms. The average Bonchev–Trinajstić information content (AvgIpc) is 3.79. The highest BCUT2D eigenvalue weighted by Gasteiger charge is 2.17. The van der Waals surface area contributed by atoms with Crippen LogP contribution in [0.4, 0.5) is 0 Å². The van der Waals surface area contributed by atoms with Crippen LogP contribution in [0.1, 0.15) is 0 Å². The van der Waals surface area contributed by atoms with Gasteiger partial charge in [0.1, 0.15) is 0 Å². The lowest BCUT2D eigenvalue weighted by molar-refractivity contribution is 1.18. The minimum absolute atomic E-state index is 0.962. The Balaban J connectivity index is 1.03. The Hall–Kier alpha value is -7.49. The lowest BCUT2D eigenvalue weighted by Crippen LogP contribution is -1.95. The molecule has 56 heavy (non-hydrogen) atoms. The number of benzene rings is 8. The smallest absolute Gasteiger partial charge is 0.0715 e. The van der Waals surface area contributed by atoms with Crippen LogP contribution in [0.15, 0.2) is 212 Å². The first-order valence-corrected chi connectivity index (χ1v) is 19.1. The maximum atomic E-state index is 5.10. The fourth-order valence-corrected chi connectivity index (χ4v) is 8.45. The quantitative estimate of drug-likeness (QED) is 0.168. The molecule has 0 N–H and O–H groups in total. The van der Waals surface area contributed by atoms with Crippen LogP contribution in [-0.2, 0) is 0 Å². The zero-order chi connectivity index (χ0) is 37.0. The molecule has 0 aliphatic carbocycles. The third-order valence-corrected chi connectivity index (χ3v) is 11.1. The predicted octanol–water partition coefficient (Wildman–Crippen LogP) is 13.9. The van der Waals surface area contributed by atoms with E-state index in [2.05, 4.69) is 209 Å². The standard InChI is InChI=1S/C53H35N3/c1-4-14-37(15-5-1)48-33-41(34-49(54-48)38-16-6-2-7-17-38)36-24-28-43(29-25-36)56-50-22-12-10-20-44(50)46-30-26-40(35-53(46)56)39-27-31-52-47(32-39)45-21-11-13-23-51(45)55(52)42-18-8-3-9-19-42/h1-35H. The van der Waals surface area contributed by atoms with Crippen molar-refractivity contribution in [1.29, 1.82) is 0 Å². The van der Waals surface area contributed by atoms with Gasteiger partial charge < -0.3 is 9.13 Å². The SMILES string of the molecule is c1ccc(-c2cc(-c3ccc(-n4c5ccccc5c5ccc(-c6ccc7c(c6)c6ccccc6n7-c6ccccc6)cc54)cc3)cc(-c3ccccc3)n2)cc1. The van der Waals surface area contributed by atoms with Crippen LogP contribution < -0.4 is 0 Å². The first kappa shape index (κ1) is 32.0. The monoisotopic (exact) mass is 713 g/mol. The summed E-state index contributed by atoms with van der Waals surface area (Å²) in [5.41, 5.74) is 15.9. The zero-order valence-electron chi connectivity index (χ0n) is 30.5. The molecular weight excluding hydrogens is 679 g/mol. The topological polar surface area (TPSA) is 22.8 Å². The molecule has 0 spiro atoms. The summed E-state index contributed by atoms with van der Waals surface area (Å²) < 4.78 is 4.78. The number of fused-ring (bicyclic) bond motifs is 6. The van der Waals surface area contributed by atoms with Crippen LogP contribution in [0, 0.1) is 0 Å². The Bertz CT molecular complexity index is 3150. The van der Waals surface area contributed by atoms with Crippen molar-refractivity contribution in [2.24, 2.45) is 0 Å². The number of hydrogen-bond acceptors (Lipinski definition) is 1. The van der Waals surface area contributed by atoms with Gasteiger partial charge in [0, 0.05) is 44.0 Å². The number of hydrogen-bond donors (Lipinski definition) is 0. The van der Waals surface area contributed by atoms with Crippen LogP contribution >= 0.6 is 0 Å². The third-order valence-electron chi connectivity index (χ3n) is 11.1. The molecule has 0 radical (unpaired) electrons. The molecule has 8 aromatic carbocycles. The van der Waals surface area contributed by atoms with Crippen LogP contribution in [0.5, 0.6) is 0 Å². The van der Waals surface area contributed by atoms with Crippen molar-refractivity contribution in [1.82, 2.24) is 14.1 Å². The molecular formula is C53H35N3. The van der Waals surface area contributed by atoms with E-state index >= 15 is 0 Å². The van der Waals surface area contributed by atoms with Gasteiger partial charge in [0.2, 0.25) is 0 Å². The first-order valence-electron chi connectivity index (χ1n) is 19.1. The van der Waals surface area contributed by atoms with E-state index in [9.17, 15) is 0 Å². The van der Waals surface area contributed by atoms with Gasteiger partial charge in [-0.3, -0.25) is 0 Å². The summed E-state index contributed by atoms with van der Waals surface area (Å²) in [7, 11) is 0. The van der Waals surface area contributed by atoms with E-state index in [1.807, 2.05) is 12.1 Å². The van der Waals surface area contributed by atoms with Gasteiger partial charge in [-0.2, -0.15) is 0 Å². The van der Waals surface area contributed by atoms with Gasteiger partial charge >= 0.3 is 0 Å². The molecule has 0 aliphatic rings. The zero-order valence-corrected chi connectivity index (χ0v) is 30.5. The predicted molar refractivity (Wildman–Crippen MR) is 235 cm³/mol. The average molecular weight is 714 g/mol. The molecule has 0 fully saturated rings. The van der Waals surface area contributed by atoms with Gasteiger partial charge in [-0.1, -0.05) is 146 Å².